The van der Waals surface area contributed by atoms with Gasteiger partial charge in [-0.05, 0) is 42.5 Å². The minimum atomic E-state index is -1.82. The fraction of sp³-hybridized carbons (Fsp3) is 0.579. The number of hydrogen-bond donors (Lipinski definition) is 3. The van der Waals surface area contributed by atoms with E-state index in [2.05, 4.69) is 19.2 Å². The molecule has 2 rings (SSSR count). The molecule has 1 aromatic rings. The van der Waals surface area contributed by atoms with E-state index in [9.17, 15) is 0 Å². The lowest BCUT2D eigenvalue weighted by Crippen LogP contribution is -2.42. The van der Waals surface area contributed by atoms with E-state index in [0.29, 0.717) is 12.6 Å². The van der Waals surface area contributed by atoms with E-state index in [-0.39, 0.29) is 0 Å². The van der Waals surface area contributed by atoms with Gasteiger partial charge in [0, 0.05) is 12.6 Å². The van der Waals surface area contributed by atoms with E-state index in [1.165, 1.54) is 19.3 Å². The molecule has 1 aliphatic carbocycles. The van der Waals surface area contributed by atoms with Crippen molar-refractivity contribution in [1.29, 1.82) is 0 Å². The second kappa shape index (κ2) is 11.4. The minimum absolute atomic E-state index is 0.651. The van der Waals surface area contributed by atoms with E-state index < -0.39 is 11.9 Å². The molecule has 146 valence electrons. The zero-order chi connectivity index (χ0) is 19.5. The van der Waals surface area contributed by atoms with E-state index in [4.69, 9.17) is 29.3 Å². The van der Waals surface area contributed by atoms with Crippen LogP contribution in [-0.4, -0.2) is 48.5 Å². The normalized spacial score (nSPS) is 21.9. The molecular weight excluding hydrogens is 338 g/mol. The summed E-state index contributed by atoms with van der Waals surface area (Å²) in [6.45, 7) is 6.36. The Balaban J connectivity index is 0.000000487. The van der Waals surface area contributed by atoms with E-state index in [1.54, 1.807) is 7.11 Å². The van der Waals surface area contributed by atoms with E-state index in [0.717, 1.165) is 29.9 Å². The van der Waals surface area contributed by atoms with Crippen molar-refractivity contribution in [3.8, 4) is 11.5 Å². The first-order valence-corrected chi connectivity index (χ1v) is 8.81. The number of carboxylic acids is 2. The van der Waals surface area contributed by atoms with Crippen LogP contribution >= 0.6 is 0 Å². The van der Waals surface area contributed by atoms with Crippen molar-refractivity contribution < 1.29 is 29.3 Å². The van der Waals surface area contributed by atoms with Gasteiger partial charge in [-0.2, -0.15) is 0 Å². The summed E-state index contributed by atoms with van der Waals surface area (Å²) in [5.41, 5.74) is 0. The number of hydrogen-bond acceptors (Lipinski definition) is 5. The van der Waals surface area contributed by atoms with Crippen LogP contribution in [0.1, 0.15) is 33.1 Å². The summed E-state index contributed by atoms with van der Waals surface area (Å²) in [4.78, 5) is 18.2. The lowest BCUT2D eigenvalue weighted by atomic mass is 9.78. The average molecular weight is 367 g/mol. The second-order valence-electron chi connectivity index (χ2n) is 6.46. The van der Waals surface area contributed by atoms with Gasteiger partial charge < -0.3 is 25.0 Å². The maximum absolute atomic E-state index is 9.10. The second-order valence-corrected chi connectivity index (χ2v) is 6.46. The van der Waals surface area contributed by atoms with Gasteiger partial charge in [-0.15, -0.1) is 0 Å². The first-order valence-electron chi connectivity index (χ1n) is 8.81. The smallest absolute Gasteiger partial charge is 0.414 e. The molecule has 0 spiro atoms. The van der Waals surface area contributed by atoms with Gasteiger partial charge in [0.2, 0.25) is 0 Å². The SMILES string of the molecule is COc1ccc(OCCNC2CCCC(C)C2C)cc1.O=C(O)C(=O)O. The van der Waals surface area contributed by atoms with Crippen LogP contribution in [0.5, 0.6) is 11.5 Å². The predicted molar refractivity (Wildman–Crippen MR) is 97.7 cm³/mol. The van der Waals surface area contributed by atoms with Crippen molar-refractivity contribution in [2.45, 2.75) is 39.2 Å². The number of nitrogens with one attached hydrogen (secondary N) is 1. The molecule has 3 unspecified atom stereocenters. The minimum Gasteiger partial charge on any atom is -0.497 e. The molecule has 7 heteroatoms. The molecule has 1 aromatic carbocycles. The molecule has 7 nitrogen and oxygen atoms in total. The third kappa shape index (κ3) is 7.74. The van der Waals surface area contributed by atoms with Gasteiger partial charge in [-0.1, -0.05) is 26.7 Å². The summed E-state index contributed by atoms with van der Waals surface area (Å²) in [5.74, 6) is -0.281. The molecule has 1 saturated carbocycles. The van der Waals surface area contributed by atoms with Crippen molar-refractivity contribution in [2.75, 3.05) is 20.3 Å². The largest absolute Gasteiger partial charge is 0.497 e. The first-order chi connectivity index (χ1) is 12.3. The molecule has 26 heavy (non-hydrogen) atoms. The lowest BCUT2D eigenvalue weighted by Gasteiger charge is -2.34. The van der Waals surface area contributed by atoms with Gasteiger partial charge in [-0.25, -0.2) is 9.59 Å². The summed E-state index contributed by atoms with van der Waals surface area (Å²) in [6, 6.07) is 8.40. The van der Waals surface area contributed by atoms with Gasteiger partial charge in [0.05, 0.1) is 7.11 Å². The highest BCUT2D eigenvalue weighted by Gasteiger charge is 2.26. The number of carboxylic acid groups (broad SMARTS) is 2. The van der Waals surface area contributed by atoms with Gasteiger partial charge in [-0.3, -0.25) is 0 Å². The fourth-order valence-electron chi connectivity index (χ4n) is 2.96. The standard InChI is InChI=1S/C17H27NO2.C2H2O4/c1-13-5-4-6-17(14(13)2)18-11-12-20-16-9-7-15(19-3)8-10-16;3-1(4)2(5)6/h7-10,13-14,17-18H,4-6,11-12H2,1-3H3;(H,3,4)(H,5,6). The summed E-state index contributed by atoms with van der Waals surface area (Å²) in [7, 11) is 1.67. The highest BCUT2D eigenvalue weighted by molar-refractivity contribution is 6.27. The van der Waals surface area contributed by atoms with Crippen LogP contribution in [-0.2, 0) is 9.59 Å². The highest BCUT2D eigenvalue weighted by Crippen LogP contribution is 2.29. The molecule has 0 aliphatic heterocycles. The molecule has 0 amide bonds. The van der Waals surface area contributed by atoms with Gasteiger partial charge in [0.15, 0.2) is 0 Å². The van der Waals surface area contributed by atoms with Crippen molar-refractivity contribution in [3.05, 3.63) is 24.3 Å². The topological polar surface area (TPSA) is 105 Å². The molecule has 0 aromatic heterocycles. The predicted octanol–water partition coefficient (Wildman–Crippen LogP) is 2.64. The lowest BCUT2D eigenvalue weighted by molar-refractivity contribution is -0.159. The Morgan fingerprint density at radius 2 is 1.65 bits per heavy atom. The van der Waals surface area contributed by atoms with E-state index >= 15 is 0 Å². The zero-order valence-corrected chi connectivity index (χ0v) is 15.6. The van der Waals surface area contributed by atoms with Crippen molar-refractivity contribution in [1.82, 2.24) is 5.32 Å². The summed E-state index contributed by atoms with van der Waals surface area (Å²) in [6.07, 6.45) is 4.03. The maximum Gasteiger partial charge on any atom is 0.414 e. The van der Waals surface area contributed by atoms with Crippen LogP contribution in [0.25, 0.3) is 0 Å². The van der Waals surface area contributed by atoms with Crippen molar-refractivity contribution >= 4 is 11.9 Å². The molecular formula is C19H29NO6. The maximum atomic E-state index is 9.10. The molecule has 1 aliphatic rings. The molecule has 1 fully saturated rings. The number of rotatable bonds is 6. The van der Waals surface area contributed by atoms with Crippen LogP contribution in [0.4, 0.5) is 0 Å². The summed E-state index contributed by atoms with van der Waals surface area (Å²) >= 11 is 0. The molecule has 3 atom stereocenters. The van der Waals surface area contributed by atoms with Crippen LogP contribution in [0.3, 0.4) is 0 Å². The number of ether oxygens (including phenoxy) is 2. The third-order valence-corrected chi connectivity index (χ3v) is 4.73. The van der Waals surface area contributed by atoms with Crippen molar-refractivity contribution in [3.63, 3.8) is 0 Å². The van der Waals surface area contributed by atoms with Gasteiger partial charge in [0.1, 0.15) is 18.1 Å². The summed E-state index contributed by atoms with van der Waals surface area (Å²) in [5, 5.41) is 18.4. The van der Waals surface area contributed by atoms with Crippen LogP contribution in [0.2, 0.25) is 0 Å². The summed E-state index contributed by atoms with van der Waals surface area (Å²) < 4.78 is 10.9. The fourth-order valence-corrected chi connectivity index (χ4v) is 2.96. The zero-order valence-electron chi connectivity index (χ0n) is 15.6. The Kier molecular flexibility index (Phi) is 9.51. The number of methoxy groups -OCH3 is 1. The van der Waals surface area contributed by atoms with Crippen molar-refractivity contribution in [2.24, 2.45) is 11.8 Å². The quantitative estimate of drug-likeness (QED) is 0.524. The van der Waals surface area contributed by atoms with Gasteiger partial charge in [0.25, 0.3) is 0 Å². The Morgan fingerprint density at radius 1 is 1.08 bits per heavy atom. The van der Waals surface area contributed by atoms with Crippen LogP contribution < -0.4 is 14.8 Å². The Bertz CT molecular complexity index is 548. The Labute approximate surface area is 154 Å². The molecule has 0 heterocycles. The molecule has 3 N–H and O–H groups in total. The Hall–Kier alpha value is -2.28. The van der Waals surface area contributed by atoms with Crippen LogP contribution in [0, 0.1) is 11.8 Å². The van der Waals surface area contributed by atoms with E-state index in [1.807, 2.05) is 24.3 Å². The first kappa shape index (κ1) is 21.8. The highest BCUT2D eigenvalue weighted by atomic mass is 16.5. The number of carbonyl (C=O) groups is 2. The molecule has 0 saturated heterocycles. The number of benzene rings is 1. The van der Waals surface area contributed by atoms with Gasteiger partial charge >= 0.3 is 11.9 Å². The molecule has 0 bridgehead atoms. The monoisotopic (exact) mass is 367 g/mol. The third-order valence-electron chi connectivity index (χ3n) is 4.73. The number of aliphatic carboxylic acids is 2. The Morgan fingerprint density at radius 3 is 2.19 bits per heavy atom. The van der Waals surface area contributed by atoms with Crippen LogP contribution in [0.15, 0.2) is 24.3 Å². The average Bonchev–Trinajstić information content (AvgIpc) is 2.63. The molecule has 0 radical (unpaired) electrons.